The fourth-order valence-corrected chi connectivity index (χ4v) is 4.98. The molecular weight excluding hydrogens is 592 g/mol. The third kappa shape index (κ3) is 9.80. The minimum atomic E-state index is -1.06. The molecule has 13 nitrogen and oxygen atoms in total. The number of carboxylic acids is 1. The third-order valence-corrected chi connectivity index (χ3v) is 7.28. The van der Waals surface area contributed by atoms with Crippen LogP contribution in [0, 0.1) is 0 Å². The van der Waals surface area contributed by atoms with Crippen LogP contribution < -0.4 is 16.0 Å². The molecule has 1 atom stereocenters. The molecule has 46 heavy (non-hydrogen) atoms. The first kappa shape index (κ1) is 34.0. The number of aromatic nitrogens is 3. The lowest BCUT2D eigenvalue weighted by atomic mass is 9.99. The fourth-order valence-electron chi connectivity index (χ4n) is 4.98. The number of aryl methyl sites for hydroxylation is 1. The van der Waals surface area contributed by atoms with E-state index in [-0.39, 0.29) is 48.8 Å². The maximum absolute atomic E-state index is 13.4. The number of nitrogen functional groups attached to an aromatic ring is 1. The maximum atomic E-state index is 13.4. The standard InChI is InChI=1S/C33H40N6O7/c1-33(2,3)46-32(44)38-24(9-11-29(42)43)27(40)10-6-21-4-7-22(8-5-21)25-20-36-31(34)30(37-25)28(41)18-23-19-35-13-12-26(23)39-14-16-45-17-15-39/h4-5,7-8,12-13,19-20,24H,6,9-11,14-18H2,1-3H3,(H2,34,36)(H,38,44)(H,42,43)/t24-/m1/s1. The molecule has 1 saturated heterocycles. The maximum Gasteiger partial charge on any atom is 0.408 e. The predicted octanol–water partition coefficient (Wildman–Crippen LogP) is 3.64. The number of carbonyl (C=O) groups excluding carboxylic acids is 3. The summed E-state index contributed by atoms with van der Waals surface area (Å²) in [6.45, 7) is 7.77. The van der Waals surface area contributed by atoms with Gasteiger partial charge in [-0.3, -0.25) is 19.4 Å². The molecule has 2 aromatic heterocycles. The van der Waals surface area contributed by atoms with Gasteiger partial charge in [-0.2, -0.15) is 0 Å². The summed E-state index contributed by atoms with van der Waals surface area (Å²) in [7, 11) is 0. The summed E-state index contributed by atoms with van der Waals surface area (Å²) in [5.74, 6) is -1.60. The summed E-state index contributed by atoms with van der Waals surface area (Å²) >= 11 is 0. The molecule has 1 aromatic carbocycles. The van der Waals surface area contributed by atoms with Crippen molar-refractivity contribution in [3.8, 4) is 11.3 Å². The quantitative estimate of drug-likeness (QED) is 0.233. The molecule has 0 spiro atoms. The van der Waals surface area contributed by atoms with Gasteiger partial charge in [0.15, 0.2) is 17.4 Å². The second-order valence-electron chi connectivity index (χ2n) is 12.0. The van der Waals surface area contributed by atoms with E-state index in [0.717, 1.165) is 29.9 Å². The van der Waals surface area contributed by atoms with Crippen LogP contribution in [0.2, 0.25) is 0 Å². The highest BCUT2D eigenvalue weighted by Crippen LogP contribution is 2.24. The topological polar surface area (TPSA) is 187 Å². The number of carbonyl (C=O) groups is 4. The molecule has 1 fully saturated rings. The van der Waals surface area contributed by atoms with Gasteiger partial charge in [0.1, 0.15) is 11.3 Å². The Morgan fingerprint density at radius 2 is 1.78 bits per heavy atom. The van der Waals surface area contributed by atoms with E-state index >= 15 is 0 Å². The first-order valence-corrected chi connectivity index (χ1v) is 15.1. The molecule has 3 aromatic rings. The Labute approximate surface area is 267 Å². The first-order valence-electron chi connectivity index (χ1n) is 15.1. The zero-order chi connectivity index (χ0) is 33.3. The van der Waals surface area contributed by atoms with Gasteiger partial charge in [-0.25, -0.2) is 14.8 Å². The van der Waals surface area contributed by atoms with Gasteiger partial charge in [-0.05, 0) is 45.2 Å². The molecule has 0 unspecified atom stereocenters. The van der Waals surface area contributed by atoms with Crippen LogP contribution in [-0.2, 0) is 31.9 Å². The van der Waals surface area contributed by atoms with E-state index < -0.39 is 23.7 Å². The molecule has 1 aliphatic rings. The molecule has 3 heterocycles. The molecule has 0 radical (unpaired) electrons. The minimum Gasteiger partial charge on any atom is -0.481 e. The molecule has 0 saturated carbocycles. The Balaban J connectivity index is 1.41. The molecule has 13 heteroatoms. The number of amides is 1. The number of hydrogen-bond acceptors (Lipinski definition) is 11. The highest BCUT2D eigenvalue weighted by molar-refractivity contribution is 6.00. The van der Waals surface area contributed by atoms with Gasteiger partial charge < -0.3 is 30.5 Å². The summed E-state index contributed by atoms with van der Waals surface area (Å²) in [5, 5.41) is 11.6. The number of morpholine rings is 1. The van der Waals surface area contributed by atoms with Gasteiger partial charge in [0.25, 0.3) is 0 Å². The van der Waals surface area contributed by atoms with Crippen LogP contribution in [-0.4, -0.2) is 81.6 Å². The Kier molecular flexibility index (Phi) is 11.4. The zero-order valence-electron chi connectivity index (χ0n) is 26.3. The van der Waals surface area contributed by atoms with E-state index in [1.165, 1.54) is 6.20 Å². The number of benzene rings is 1. The van der Waals surface area contributed by atoms with Crippen molar-refractivity contribution >= 4 is 35.1 Å². The molecule has 0 aliphatic carbocycles. The van der Waals surface area contributed by atoms with Gasteiger partial charge in [-0.1, -0.05) is 24.3 Å². The van der Waals surface area contributed by atoms with Crippen LogP contribution in [0.3, 0.4) is 0 Å². The van der Waals surface area contributed by atoms with Crippen molar-refractivity contribution in [3.05, 3.63) is 65.7 Å². The van der Waals surface area contributed by atoms with Crippen LogP contribution in [0.15, 0.2) is 48.9 Å². The van der Waals surface area contributed by atoms with Crippen LogP contribution in [0.1, 0.15) is 61.6 Å². The van der Waals surface area contributed by atoms with Crippen molar-refractivity contribution in [2.45, 2.75) is 64.5 Å². The van der Waals surface area contributed by atoms with Crippen molar-refractivity contribution in [1.82, 2.24) is 20.3 Å². The fraction of sp³-hybridized carbons (Fsp3) is 0.424. The Morgan fingerprint density at radius 3 is 2.46 bits per heavy atom. The zero-order valence-corrected chi connectivity index (χ0v) is 26.3. The van der Waals surface area contributed by atoms with E-state index in [0.29, 0.717) is 30.9 Å². The molecule has 0 bridgehead atoms. The van der Waals surface area contributed by atoms with Gasteiger partial charge in [0, 0.05) is 61.6 Å². The summed E-state index contributed by atoms with van der Waals surface area (Å²) < 4.78 is 10.7. The summed E-state index contributed by atoms with van der Waals surface area (Å²) in [6.07, 6.45) is 4.31. The lowest BCUT2D eigenvalue weighted by molar-refractivity contribution is -0.137. The van der Waals surface area contributed by atoms with Crippen molar-refractivity contribution in [2.75, 3.05) is 36.9 Å². The number of nitrogens with two attached hydrogens (primary N) is 1. The third-order valence-electron chi connectivity index (χ3n) is 7.28. The monoisotopic (exact) mass is 632 g/mol. The first-order chi connectivity index (χ1) is 21.9. The lowest BCUT2D eigenvalue weighted by Crippen LogP contribution is -2.43. The van der Waals surface area contributed by atoms with Crippen molar-refractivity contribution in [2.24, 2.45) is 0 Å². The molecule has 244 valence electrons. The molecule has 4 N–H and O–H groups in total. The number of ether oxygens (including phenoxy) is 2. The summed E-state index contributed by atoms with van der Waals surface area (Å²) in [4.78, 5) is 64.8. The van der Waals surface area contributed by atoms with Crippen molar-refractivity contribution in [1.29, 1.82) is 0 Å². The average Bonchev–Trinajstić information content (AvgIpc) is 3.02. The Hall–Kier alpha value is -4.91. The van der Waals surface area contributed by atoms with E-state index in [2.05, 4.69) is 25.2 Å². The number of nitrogens with one attached hydrogen (secondary N) is 1. The predicted molar refractivity (Wildman–Crippen MR) is 171 cm³/mol. The highest BCUT2D eigenvalue weighted by Gasteiger charge is 2.25. The number of alkyl carbamates (subject to hydrolysis) is 1. The lowest BCUT2D eigenvalue weighted by Gasteiger charge is -2.30. The van der Waals surface area contributed by atoms with Gasteiger partial charge in [-0.15, -0.1) is 0 Å². The number of ketones is 2. The van der Waals surface area contributed by atoms with Gasteiger partial charge in [0.2, 0.25) is 0 Å². The Morgan fingerprint density at radius 1 is 1.07 bits per heavy atom. The van der Waals surface area contributed by atoms with E-state index in [4.69, 9.17) is 20.3 Å². The highest BCUT2D eigenvalue weighted by atomic mass is 16.6. The minimum absolute atomic E-state index is 0.0399. The van der Waals surface area contributed by atoms with Crippen LogP contribution in [0.25, 0.3) is 11.3 Å². The molecule has 4 rings (SSSR count). The van der Waals surface area contributed by atoms with E-state index in [1.54, 1.807) is 33.2 Å². The largest absolute Gasteiger partial charge is 0.481 e. The normalized spacial score (nSPS) is 13.9. The van der Waals surface area contributed by atoms with Crippen molar-refractivity contribution in [3.63, 3.8) is 0 Å². The number of pyridine rings is 1. The van der Waals surface area contributed by atoms with Crippen LogP contribution in [0.4, 0.5) is 16.3 Å². The second kappa shape index (κ2) is 15.4. The van der Waals surface area contributed by atoms with Crippen LogP contribution in [0.5, 0.6) is 0 Å². The summed E-state index contributed by atoms with van der Waals surface area (Å²) in [5.41, 5.74) is 9.11. The number of carboxylic acid groups (broad SMARTS) is 1. The van der Waals surface area contributed by atoms with Crippen LogP contribution >= 0.6 is 0 Å². The second-order valence-corrected chi connectivity index (χ2v) is 12.0. The number of Topliss-reactive ketones (excluding diaryl/α,β-unsaturated/α-hetero) is 2. The Bertz CT molecular complexity index is 1550. The number of aliphatic carboxylic acids is 1. The number of rotatable bonds is 13. The van der Waals surface area contributed by atoms with Gasteiger partial charge in [0.05, 0.1) is 31.1 Å². The van der Waals surface area contributed by atoms with E-state index in [1.807, 2.05) is 30.3 Å². The van der Waals surface area contributed by atoms with E-state index in [9.17, 15) is 19.2 Å². The van der Waals surface area contributed by atoms with Gasteiger partial charge >= 0.3 is 12.1 Å². The SMILES string of the molecule is CC(C)(C)OC(=O)N[C@H](CCC(=O)O)C(=O)CCc1ccc(-c2cnc(N)c(C(=O)Cc3cnccc3N3CCOCC3)n2)cc1. The molecule has 1 aliphatic heterocycles. The molecule has 1 amide bonds. The number of anilines is 2. The summed E-state index contributed by atoms with van der Waals surface area (Å²) in [6, 6.07) is 8.20. The number of hydrogen-bond donors (Lipinski definition) is 3. The molecular formula is C33H40N6O7. The van der Waals surface area contributed by atoms with Crippen molar-refractivity contribution < 1.29 is 33.8 Å². The smallest absolute Gasteiger partial charge is 0.408 e. The average molecular weight is 633 g/mol. The number of nitrogens with zero attached hydrogens (tertiary/aromatic N) is 4.